The van der Waals surface area contributed by atoms with Crippen LogP contribution in [-0.2, 0) is 6.54 Å². The van der Waals surface area contributed by atoms with Gasteiger partial charge in [-0.25, -0.2) is 4.39 Å². The van der Waals surface area contributed by atoms with Crippen LogP contribution < -0.4 is 4.74 Å². The summed E-state index contributed by atoms with van der Waals surface area (Å²) in [5.41, 5.74) is 1.17. The number of rotatable bonds is 4. The molecule has 19 heavy (non-hydrogen) atoms. The summed E-state index contributed by atoms with van der Waals surface area (Å²) in [7, 11) is 0. The third kappa shape index (κ3) is 2.45. The van der Waals surface area contributed by atoms with Crippen LogP contribution in [0.2, 0.25) is 0 Å². The van der Waals surface area contributed by atoms with Crippen molar-refractivity contribution in [2.45, 2.75) is 6.54 Å². The summed E-state index contributed by atoms with van der Waals surface area (Å²) in [5, 5.41) is 1.20. The number of ether oxygens (including phenoxy) is 1. The van der Waals surface area contributed by atoms with Gasteiger partial charge in [0.15, 0.2) is 11.6 Å². The van der Waals surface area contributed by atoms with E-state index in [4.69, 9.17) is 4.74 Å². The highest BCUT2D eigenvalue weighted by molar-refractivity contribution is 5.79. The Labute approximate surface area is 111 Å². The monoisotopic (exact) mass is 255 g/mol. The molecule has 0 N–H and O–H groups in total. The number of hydrogen-bond donors (Lipinski definition) is 0. The Kier molecular flexibility index (Phi) is 3.19. The molecule has 3 heteroatoms. The third-order valence-corrected chi connectivity index (χ3v) is 3.11. The van der Waals surface area contributed by atoms with Gasteiger partial charge in [0.05, 0.1) is 6.54 Å². The van der Waals surface area contributed by atoms with Crippen LogP contribution in [0, 0.1) is 5.82 Å². The highest BCUT2D eigenvalue weighted by Gasteiger charge is 2.02. The lowest BCUT2D eigenvalue weighted by Gasteiger charge is -2.08. The minimum absolute atomic E-state index is 0.305. The fourth-order valence-electron chi connectivity index (χ4n) is 2.15. The highest BCUT2D eigenvalue weighted by Crippen LogP contribution is 2.17. The van der Waals surface area contributed by atoms with Gasteiger partial charge in [0, 0.05) is 11.7 Å². The number of para-hydroxylation sites is 2. The first kappa shape index (κ1) is 11.8. The molecule has 0 fully saturated rings. The molecule has 0 aliphatic heterocycles. The van der Waals surface area contributed by atoms with Gasteiger partial charge in [0.25, 0.3) is 0 Å². The maximum atomic E-state index is 13.4. The fourth-order valence-corrected chi connectivity index (χ4v) is 2.15. The average Bonchev–Trinajstić information content (AvgIpc) is 2.85. The van der Waals surface area contributed by atoms with Crippen molar-refractivity contribution in [1.82, 2.24) is 4.57 Å². The summed E-state index contributed by atoms with van der Waals surface area (Å²) in [5.74, 6) is -0.0150. The van der Waals surface area contributed by atoms with E-state index in [0.29, 0.717) is 18.9 Å². The van der Waals surface area contributed by atoms with E-state index in [1.807, 2.05) is 18.3 Å². The third-order valence-electron chi connectivity index (χ3n) is 3.11. The van der Waals surface area contributed by atoms with Crippen molar-refractivity contribution in [1.29, 1.82) is 0 Å². The molecule has 1 aromatic heterocycles. The zero-order valence-corrected chi connectivity index (χ0v) is 10.4. The topological polar surface area (TPSA) is 14.2 Å². The molecule has 96 valence electrons. The Morgan fingerprint density at radius 1 is 0.947 bits per heavy atom. The fraction of sp³-hybridized carbons (Fsp3) is 0.125. The van der Waals surface area contributed by atoms with Gasteiger partial charge in [-0.05, 0) is 29.7 Å². The summed E-state index contributed by atoms with van der Waals surface area (Å²) in [4.78, 5) is 0. The van der Waals surface area contributed by atoms with Crippen LogP contribution in [0.25, 0.3) is 10.9 Å². The van der Waals surface area contributed by atoms with E-state index in [1.165, 1.54) is 17.0 Å². The van der Waals surface area contributed by atoms with Crippen LogP contribution >= 0.6 is 0 Å². The number of aromatic nitrogens is 1. The van der Waals surface area contributed by atoms with Crippen molar-refractivity contribution >= 4 is 10.9 Å². The van der Waals surface area contributed by atoms with Gasteiger partial charge in [0.2, 0.25) is 0 Å². The lowest BCUT2D eigenvalue weighted by molar-refractivity contribution is 0.286. The quantitative estimate of drug-likeness (QED) is 0.690. The van der Waals surface area contributed by atoms with E-state index in [-0.39, 0.29) is 5.82 Å². The van der Waals surface area contributed by atoms with Crippen molar-refractivity contribution in [3.63, 3.8) is 0 Å². The lowest BCUT2D eigenvalue weighted by Crippen LogP contribution is -2.07. The van der Waals surface area contributed by atoms with Crippen molar-refractivity contribution in [3.05, 3.63) is 66.6 Å². The molecule has 0 bridgehead atoms. The molecule has 0 aliphatic rings. The molecule has 2 nitrogen and oxygen atoms in total. The number of benzene rings is 2. The molecular formula is C16H14FNO. The Balaban J connectivity index is 1.68. The minimum Gasteiger partial charge on any atom is -0.489 e. The zero-order valence-electron chi connectivity index (χ0n) is 10.4. The molecule has 0 saturated heterocycles. The molecule has 0 spiro atoms. The number of fused-ring (bicyclic) bond motifs is 1. The van der Waals surface area contributed by atoms with Crippen LogP contribution in [0.1, 0.15) is 0 Å². The summed E-state index contributed by atoms with van der Waals surface area (Å²) < 4.78 is 20.9. The van der Waals surface area contributed by atoms with Gasteiger partial charge < -0.3 is 9.30 Å². The number of nitrogens with zero attached hydrogens (tertiary/aromatic N) is 1. The van der Waals surface area contributed by atoms with Crippen LogP contribution in [0.3, 0.4) is 0 Å². The van der Waals surface area contributed by atoms with E-state index < -0.39 is 0 Å². The van der Waals surface area contributed by atoms with Crippen molar-refractivity contribution in [2.75, 3.05) is 6.61 Å². The molecule has 0 radical (unpaired) electrons. The van der Waals surface area contributed by atoms with Gasteiger partial charge in [0.1, 0.15) is 6.61 Å². The van der Waals surface area contributed by atoms with Gasteiger partial charge in [-0.2, -0.15) is 0 Å². The Hall–Kier alpha value is -2.29. The molecule has 3 aromatic rings. The smallest absolute Gasteiger partial charge is 0.165 e. The molecule has 0 unspecified atom stereocenters. The second-order valence-corrected chi connectivity index (χ2v) is 4.35. The van der Waals surface area contributed by atoms with Crippen LogP contribution in [0.5, 0.6) is 5.75 Å². The normalized spacial score (nSPS) is 10.8. The SMILES string of the molecule is Fc1ccccc1OCCn1ccc2ccccc21. The summed E-state index contributed by atoms with van der Waals surface area (Å²) in [6, 6.07) is 16.7. The van der Waals surface area contributed by atoms with E-state index in [2.05, 4.69) is 22.8 Å². The first-order valence-corrected chi connectivity index (χ1v) is 6.26. The first-order valence-electron chi connectivity index (χ1n) is 6.26. The number of halogens is 1. The first-order chi connectivity index (χ1) is 9.34. The molecule has 0 saturated carbocycles. The van der Waals surface area contributed by atoms with Gasteiger partial charge in [-0.15, -0.1) is 0 Å². The van der Waals surface area contributed by atoms with Gasteiger partial charge in [-0.3, -0.25) is 0 Å². The van der Waals surface area contributed by atoms with Gasteiger partial charge in [-0.1, -0.05) is 30.3 Å². The Morgan fingerprint density at radius 3 is 2.63 bits per heavy atom. The highest BCUT2D eigenvalue weighted by atomic mass is 19.1. The summed E-state index contributed by atoms with van der Waals surface area (Å²) >= 11 is 0. The van der Waals surface area contributed by atoms with E-state index >= 15 is 0 Å². The van der Waals surface area contributed by atoms with Crippen molar-refractivity contribution in [3.8, 4) is 5.75 Å². The predicted octanol–water partition coefficient (Wildman–Crippen LogP) is 3.86. The van der Waals surface area contributed by atoms with Crippen LogP contribution in [-0.4, -0.2) is 11.2 Å². The number of hydrogen-bond acceptors (Lipinski definition) is 1. The van der Waals surface area contributed by atoms with E-state index in [9.17, 15) is 4.39 Å². The van der Waals surface area contributed by atoms with E-state index in [1.54, 1.807) is 18.2 Å². The van der Waals surface area contributed by atoms with E-state index in [0.717, 1.165) is 0 Å². The molecule has 1 heterocycles. The summed E-state index contributed by atoms with van der Waals surface area (Å²) in [6.45, 7) is 1.14. The molecular weight excluding hydrogens is 241 g/mol. The predicted molar refractivity (Wildman–Crippen MR) is 73.8 cm³/mol. The second-order valence-electron chi connectivity index (χ2n) is 4.35. The second kappa shape index (κ2) is 5.14. The molecule has 0 amide bonds. The molecule has 0 atom stereocenters. The Morgan fingerprint density at radius 2 is 1.74 bits per heavy atom. The van der Waals surface area contributed by atoms with Crippen LogP contribution in [0.4, 0.5) is 4.39 Å². The Bertz CT molecular complexity index is 690. The average molecular weight is 255 g/mol. The zero-order chi connectivity index (χ0) is 13.1. The van der Waals surface area contributed by atoms with Gasteiger partial charge >= 0.3 is 0 Å². The maximum absolute atomic E-state index is 13.4. The van der Waals surface area contributed by atoms with Crippen molar-refractivity contribution in [2.24, 2.45) is 0 Å². The van der Waals surface area contributed by atoms with Crippen LogP contribution in [0.15, 0.2) is 60.8 Å². The maximum Gasteiger partial charge on any atom is 0.165 e. The lowest BCUT2D eigenvalue weighted by atomic mass is 10.2. The molecule has 3 rings (SSSR count). The van der Waals surface area contributed by atoms with Crippen molar-refractivity contribution < 1.29 is 9.13 Å². The standard InChI is InChI=1S/C16H14FNO/c17-14-6-2-4-8-16(14)19-12-11-18-10-9-13-5-1-3-7-15(13)18/h1-10H,11-12H2. The largest absolute Gasteiger partial charge is 0.489 e. The summed E-state index contributed by atoms with van der Waals surface area (Å²) in [6.07, 6.45) is 2.02. The minimum atomic E-state index is -0.320. The molecule has 2 aromatic carbocycles. The molecule has 0 aliphatic carbocycles.